The molecule has 2 saturated heterocycles. The summed E-state index contributed by atoms with van der Waals surface area (Å²) in [6.45, 7) is 0.453. The van der Waals surface area contributed by atoms with Gasteiger partial charge in [-0.25, -0.2) is 0 Å². The molecule has 2 amide bonds. The van der Waals surface area contributed by atoms with Gasteiger partial charge in [-0.3, -0.25) is 14.4 Å². The molecule has 17 heavy (non-hydrogen) atoms. The molecule has 94 valence electrons. The molecule has 0 bridgehead atoms. The van der Waals surface area contributed by atoms with Crippen LogP contribution in [0.25, 0.3) is 0 Å². The number of amides is 2. The summed E-state index contributed by atoms with van der Waals surface area (Å²) in [5.74, 6) is -1.47. The van der Waals surface area contributed by atoms with Crippen LogP contribution in [-0.2, 0) is 14.4 Å². The minimum Gasteiger partial charge on any atom is -0.480 e. The van der Waals surface area contributed by atoms with E-state index in [1.165, 1.54) is 4.90 Å². The van der Waals surface area contributed by atoms with Gasteiger partial charge in [-0.2, -0.15) is 0 Å². The number of carboxylic acids is 1. The van der Waals surface area contributed by atoms with Crippen molar-refractivity contribution >= 4 is 17.8 Å². The lowest BCUT2D eigenvalue weighted by Gasteiger charge is -2.36. The van der Waals surface area contributed by atoms with Crippen LogP contribution in [0.5, 0.6) is 0 Å². The lowest BCUT2D eigenvalue weighted by molar-refractivity contribution is -0.154. The minimum atomic E-state index is -1.17. The Morgan fingerprint density at radius 3 is 2.88 bits per heavy atom. The molecule has 2 aliphatic rings. The quantitative estimate of drug-likeness (QED) is 0.608. The van der Waals surface area contributed by atoms with Gasteiger partial charge in [0.1, 0.15) is 12.1 Å². The molecule has 2 fully saturated rings. The van der Waals surface area contributed by atoms with Gasteiger partial charge in [0.15, 0.2) is 0 Å². The van der Waals surface area contributed by atoms with Crippen LogP contribution < -0.4 is 5.73 Å². The van der Waals surface area contributed by atoms with Crippen LogP contribution in [0.4, 0.5) is 0 Å². The molecular weight excluding hydrogens is 226 g/mol. The highest BCUT2D eigenvalue weighted by molar-refractivity contribution is 5.95. The molecular formula is C10H15N3O4. The van der Waals surface area contributed by atoms with Gasteiger partial charge in [0, 0.05) is 13.1 Å². The highest BCUT2D eigenvalue weighted by Gasteiger charge is 2.42. The molecule has 0 aromatic carbocycles. The van der Waals surface area contributed by atoms with Gasteiger partial charge < -0.3 is 20.6 Å². The van der Waals surface area contributed by atoms with Crippen molar-refractivity contribution in [2.24, 2.45) is 5.73 Å². The molecule has 2 rings (SSSR count). The van der Waals surface area contributed by atoms with Gasteiger partial charge in [0.05, 0.1) is 6.54 Å². The van der Waals surface area contributed by atoms with Crippen LogP contribution >= 0.6 is 0 Å². The van der Waals surface area contributed by atoms with E-state index in [-0.39, 0.29) is 24.9 Å². The third kappa shape index (κ3) is 2.10. The molecule has 0 saturated carbocycles. The number of nitrogens with zero attached hydrogens (tertiary/aromatic N) is 2. The average Bonchev–Trinajstić information content (AvgIpc) is 2.74. The fourth-order valence-electron chi connectivity index (χ4n) is 2.33. The Labute approximate surface area is 98.2 Å². The average molecular weight is 241 g/mol. The molecule has 0 radical (unpaired) electrons. The van der Waals surface area contributed by atoms with Crippen LogP contribution in [0.15, 0.2) is 0 Å². The number of hydrogen-bond donors (Lipinski definition) is 2. The summed E-state index contributed by atoms with van der Waals surface area (Å²) < 4.78 is 0. The third-order valence-corrected chi connectivity index (χ3v) is 3.23. The Hall–Kier alpha value is -1.63. The first-order valence-electron chi connectivity index (χ1n) is 5.57. The van der Waals surface area contributed by atoms with E-state index in [2.05, 4.69) is 0 Å². The molecule has 0 aromatic rings. The predicted octanol–water partition coefficient (Wildman–Crippen LogP) is -1.77. The summed E-state index contributed by atoms with van der Waals surface area (Å²) >= 11 is 0. The van der Waals surface area contributed by atoms with Crippen LogP contribution in [-0.4, -0.2) is 64.4 Å². The van der Waals surface area contributed by atoms with Gasteiger partial charge in [-0.15, -0.1) is 0 Å². The van der Waals surface area contributed by atoms with Crippen molar-refractivity contribution in [3.63, 3.8) is 0 Å². The number of carbonyl (C=O) groups excluding carboxylic acids is 2. The molecule has 3 N–H and O–H groups in total. The van der Waals surface area contributed by atoms with E-state index in [9.17, 15) is 14.4 Å². The van der Waals surface area contributed by atoms with Crippen molar-refractivity contribution in [2.75, 3.05) is 19.6 Å². The number of carboxylic acid groups (broad SMARTS) is 1. The van der Waals surface area contributed by atoms with Crippen molar-refractivity contribution in [3.05, 3.63) is 0 Å². The van der Waals surface area contributed by atoms with Crippen LogP contribution in [0.1, 0.15) is 12.8 Å². The summed E-state index contributed by atoms with van der Waals surface area (Å²) in [5.41, 5.74) is 5.37. The Balaban J connectivity index is 2.07. The van der Waals surface area contributed by atoms with E-state index in [0.29, 0.717) is 13.0 Å². The zero-order chi connectivity index (χ0) is 12.6. The first kappa shape index (κ1) is 11.8. The van der Waals surface area contributed by atoms with Crippen molar-refractivity contribution in [1.29, 1.82) is 0 Å². The van der Waals surface area contributed by atoms with Crippen molar-refractivity contribution in [1.82, 2.24) is 9.80 Å². The van der Waals surface area contributed by atoms with Crippen molar-refractivity contribution in [3.8, 4) is 0 Å². The molecule has 2 heterocycles. The van der Waals surface area contributed by atoms with Gasteiger partial charge in [-0.05, 0) is 12.8 Å². The van der Waals surface area contributed by atoms with E-state index in [4.69, 9.17) is 10.8 Å². The smallest absolute Gasteiger partial charge is 0.322 e. The molecule has 2 unspecified atom stereocenters. The van der Waals surface area contributed by atoms with Crippen molar-refractivity contribution in [2.45, 2.75) is 24.9 Å². The molecule has 7 heteroatoms. The summed E-state index contributed by atoms with van der Waals surface area (Å²) in [6, 6.07) is -1.54. The molecule has 0 aliphatic carbocycles. The molecule has 7 nitrogen and oxygen atoms in total. The second-order valence-corrected chi connectivity index (χ2v) is 4.41. The summed E-state index contributed by atoms with van der Waals surface area (Å²) in [4.78, 5) is 37.2. The molecule has 2 aliphatic heterocycles. The Morgan fingerprint density at radius 1 is 1.53 bits per heavy atom. The zero-order valence-corrected chi connectivity index (χ0v) is 9.33. The standard InChI is InChI=1S/C10H15N3O4/c11-6(10(16)17)4-12-5-8(14)13-3-1-2-7(13)9(12)15/h6-7H,1-5,11H2,(H,16,17). The Morgan fingerprint density at radius 2 is 2.24 bits per heavy atom. The number of rotatable bonds is 3. The number of piperazine rings is 1. The second kappa shape index (κ2) is 4.33. The summed E-state index contributed by atoms with van der Waals surface area (Å²) in [7, 11) is 0. The topological polar surface area (TPSA) is 104 Å². The number of fused-ring (bicyclic) bond motifs is 1. The van der Waals surface area contributed by atoms with Gasteiger partial charge in [0.2, 0.25) is 11.8 Å². The Kier molecular flexibility index (Phi) is 3.01. The van der Waals surface area contributed by atoms with E-state index in [0.717, 1.165) is 6.42 Å². The Bertz CT molecular complexity index is 371. The number of aliphatic carboxylic acids is 1. The lowest BCUT2D eigenvalue weighted by atomic mass is 10.1. The van der Waals surface area contributed by atoms with E-state index >= 15 is 0 Å². The normalized spacial score (nSPS) is 26.1. The maximum atomic E-state index is 12.0. The van der Waals surface area contributed by atoms with E-state index in [1.807, 2.05) is 0 Å². The fraction of sp³-hybridized carbons (Fsp3) is 0.700. The molecule has 0 spiro atoms. The van der Waals surface area contributed by atoms with Crippen LogP contribution in [0.2, 0.25) is 0 Å². The van der Waals surface area contributed by atoms with Crippen molar-refractivity contribution < 1.29 is 19.5 Å². The number of hydrogen-bond acceptors (Lipinski definition) is 4. The maximum absolute atomic E-state index is 12.0. The SMILES string of the molecule is NC(CN1CC(=O)N2CCCC2C1=O)C(=O)O. The maximum Gasteiger partial charge on any atom is 0.322 e. The molecule has 2 atom stereocenters. The molecule has 0 aromatic heterocycles. The third-order valence-electron chi connectivity index (χ3n) is 3.23. The highest BCUT2D eigenvalue weighted by atomic mass is 16.4. The summed E-state index contributed by atoms with van der Waals surface area (Å²) in [5, 5.41) is 8.69. The first-order chi connectivity index (χ1) is 8.00. The summed E-state index contributed by atoms with van der Waals surface area (Å²) in [6.07, 6.45) is 1.48. The monoisotopic (exact) mass is 241 g/mol. The predicted molar refractivity (Wildman–Crippen MR) is 56.9 cm³/mol. The van der Waals surface area contributed by atoms with Gasteiger partial charge in [-0.1, -0.05) is 0 Å². The zero-order valence-electron chi connectivity index (χ0n) is 9.33. The van der Waals surface area contributed by atoms with Gasteiger partial charge >= 0.3 is 5.97 Å². The fourth-order valence-corrected chi connectivity index (χ4v) is 2.33. The van der Waals surface area contributed by atoms with Crippen LogP contribution in [0, 0.1) is 0 Å². The van der Waals surface area contributed by atoms with Gasteiger partial charge in [0.25, 0.3) is 0 Å². The number of nitrogens with two attached hydrogens (primary N) is 1. The number of carbonyl (C=O) groups is 3. The first-order valence-corrected chi connectivity index (χ1v) is 5.57. The second-order valence-electron chi connectivity index (χ2n) is 4.41. The van der Waals surface area contributed by atoms with E-state index in [1.54, 1.807) is 4.90 Å². The highest BCUT2D eigenvalue weighted by Crippen LogP contribution is 2.23. The largest absolute Gasteiger partial charge is 0.480 e. The van der Waals surface area contributed by atoms with E-state index < -0.39 is 18.1 Å². The van der Waals surface area contributed by atoms with Crippen LogP contribution in [0.3, 0.4) is 0 Å². The lowest BCUT2D eigenvalue weighted by Crippen LogP contribution is -2.59. The minimum absolute atomic E-state index is 0.0592.